The molecule has 1 aromatic heterocycles. The molecule has 2 atom stereocenters. The molecular formula is C48H54BrF5N10O6S. The maximum absolute atomic E-state index is 15.3. The van der Waals surface area contributed by atoms with E-state index in [0.29, 0.717) is 66.7 Å². The number of sulfonamides is 1. The lowest BCUT2D eigenvalue weighted by Gasteiger charge is -2.44. The van der Waals surface area contributed by atoms with Crippen molar-refractivity contribution in [2.75, 3.05) is 97.0 Å². The van der Waals surface area contributed by atoms with Crippen molar-refractivity contribution in [3.05, 3.63) is 81.0 Å². The number of hydrogen-bond donors (Lipinski definition) is 3. The Labute approximate surface area is 416 Å². The van der Waals surface area contributed by atoms with Gasteiger partial charge in [0.15, 0.2) is 0 Å². The Kier molecular flexibility index (Phi) is 14.1. The number of aryl methyl sites for hydroxylation is 1. The Hall–Kier alpha value is -5.81. The molecule has 0 spiro atoms. The lowest BCUT2D eigenvalue weighted by atomic mass is 9.89. The van der Waals surface area contributed by atoms with Gasteiger partial charge in [0, 0.05) is 101 Å². The molecule has 3 N–H and O–H groups in total. The Morgan fingerprint density at radius 1 is 0.901 bits per heavy atom. The van der Waals surface area contributed by atoms with Gasteiger partial charge >= 0.3 is 6.18 Å². The summed E-state index contributed by atoms with van der Waals surface area (Å²) < 4.78 is 105. The molecule has 3 aromatic carbocycles. The SMILES string of the molecule is CCc1cc(Nc2ncc(Br)c(Nc3ccc(C(F)(F)F)c4c3N(S(C)(=O)=O)CC4)n2)c(OC)cc1N1CCC(N2CCN(C(=O)[C@@H]3CCN(c4cc(F)c([C@H]5CCC(=O)NC5=O)c(F)c4)C3)CC2)CC1. The number of benzene rings is 3. The van der Waals surface area contributed by atoms with Crippen LogP contribution in [-0.4, -0.2) is 124 Å². The topological polar surface area (TPSA) is 173 Å². The Morgan fingerprint density at radius 2 is 1.61 bits per heavy atom. The molecule has 71 heavy (non-hydrogen) atoms. The summed E-state index contributed by atoms with van der Waals surface area (Å²) in [5.41, 5.74) is 1.73. The number of methoxy groups -OCH3 is 1. The highest BCUT2D eigenvalue weighted by Gasteiger charge is 2.41. The largest absolute Gasteiger partial charge is 0.494 e. The Morgan fingerprint density at radius 3 is 2.25 bits per heavy atom. The zero-order valence-corrected chi connectivity index (χ0v) is 41.7. The number of amides is 3. The van der Waals surface area contributed by atoms with Crippen LogP contribution in [0, 0.1) is 17.6 Å². The van der Waals surface area contributed by atoms with Crippen LogP contribution < -0.4 is 34.8 Å². The van der Waals surface area contributed by atoms with Gasteiger partial charge in [0.05, 0.1) is 52.3 Å². The molecule has 380 valence electrons. The third-order valence-corrected chi connectivity index (χ3v) is 16.1. The van der Waals surface area contributed by atoms with Gasteiger partial charge in [0.1, 0.15) is 23.2 Å². The van der Waals surface area contributed by atoms with Crippen molar-refractivity contribution in [2.45, 2.75) is 70.0 Å². The number of hydrogen-bond acceptors (Lipinski definition) is 13. The van der Waals surface area contributed by atoms with E-state index in [4.69, 9.17) is 4.74 Å². The average Bonchev–Trinajstić information content (AvgIpc) is 4.02. The second kappa shape index (κ2) is 20.0. The second-order valence-electron chi connectivity index (χ2n) is 18.6. The Balaban J connectivity index is 0.800. The highest BCUT2D eigenvalue weighted by molar-refractivity contribution is 9.10. The molecule has 5 aliphatic heterocycles. The number of halogens is 6. The number of anilines is 7. The number of fused-ring (bicyclic) bond motifs is 1. The van der Waals surface area contributed by atoms with Gasteiger partial charge in [-0.25, -0.2) is 22.2 Å². The number of aromatic nitrogens is 2. The zero-order valence-electron chi connectivity index (χ0n) is 39.3. The van der Waals surface area contributed by atoms with Gasteiger partial charge in [-0.3, -0.25) is 28.9 Å². The number of ether oxygens (including phenoxy) is 1. The average molecular weight is 1070 g/mol. The fourth-order valence-electron chi connectivity index (χ4n) is 10.7. The summed E-state index contributed by atoms with van der Waals surface area (Å²) in [5.74, 6) is -3.33. The van der Waals surface area contributed by atoms with Crippen LogP contribution in [0.15, 0.2) is 47.1 Å². The van der Waals surface area contributed by atoms with E-state index < -0.39 is 51.1 Å². The van der Waals surface area contributed by atoms with Crippen LogP contribution in [0.25, 0.3) is 0 Å². The van der Waals surface area contributed by atoms with Gasteiger partial charge in [0.25, 0.3) is 0 Å². The number of piperidine rings is 2. The van der Waals surface area contributed by atoms with E-state index in [-0.39, 0.29) is 71.9 Å². The van der Waals surface area contributed by atoms with Crippen molar-refractivity contribution >= 4 is 83.9 Å². The molecule has 4 aromatic rings. The summed E-state index contributed by atoms with van der Waals surface area (Å²) in [7, 11) is -2.33. The number of nitrogens with zero attached hydrogens (tertiary/aromatic N) is 7. The number of piperazine rings is 1. The molecular weight excluding hydrogens is 1020 g/mol. The minimum absolute atomic E-state index is 0.00754. The molecule has 0 unspecified atom stereocenters. The number of rotatable bonds is 12. The fourth-order valence-corrected chi connectivity index (χ4v) is 12.0. The third-order valence-electron chi connectivity index (χ3n) is 14.3. The zero-order chi connectivity index (χ0) is 50.5. The van der Waals surface area contributed by atoms with Crippen LogP contribution in [-0.2, 0) is 43.4 Å². The first-order chi connectivity index (χ1) is 33.8. The minimum atomic E-state index is -4.67. The van der Waals surface area contributed by atoms with Crippen molar-refractivity contribution in [1.82, 2.24) is 25.1 Å². The molecule has 23 heteroatoms. The maximum Gasteiger partial charge on any atom is 0.416 e. The van der Waals surface area contributed by atoms with Crippen LogP contribution in [0.1, 0.15) is 67.2 Å². The van der Waals surface area contributed by atoms with Crippen LogP contribution in [0.5, 0.6) is 5.75 Å². The molecule has 0 saturated carbocycles. The first kappa shape index (κ1) is 50.1. The van der Waals surface area contributed by atoms with Gasteiger partial charge in [-0.15, -0.1) is 0 Å². The molecule has 4 saturated heterocycles. The van der Waals surface area contributed by atoms with Gasteiger partial charge in [0.2, 0.25) is 33.7 Å². The van der Waals surface area contributed by atoms with Crippen molar-refractivity contribution in [3.8, 4) is 5.75 Å². The summed E-state index contributed by atoms with van der Waals surface area (Å²) in [6.45, 7) is 6.98. The molecule has 16 nitrogen and oxygen atoms in total. The van der Waals surface area contributed by atoms with E-state index in [9.17, 15) is 36.0 Å². The van der Waals surface area contributed by atoms with Crippen molar-refractivity contribution < 1.29 is 49.5 Å². The van der Waals surface area contributed by atoms with E-state index in [1.165, 1.54) is 24.4 Å². The Bertz CT molecular complexity index is 2840. The smallest absolute Gasteiger partial charge is 0.416 e. The molecule has 5 aliphatic rings. The lowest BCUT2D eigenvalue weighted by Crippen LogP contribution is -2.55. The number of alkyl halides is 3. The lowest BCUT2D eigenvalue weighted by molar-refractivity contribution is -0.138. The number of carbonyl (C=O) groups is 3. The molecule has 9 rings (SSSR count). The molecule has 0 radical (unpaired) electrons. The third kappa shape index (κ3) is 10.3. The van der Waals surface area contributed by atoms with Gasteiger partial charge < -0.3 is 30.1 Å². The highest BCUT2D eigenvalue weighted by Crippen LogP contribution is 2.46. The first-order valence-electron chi connectivity index (χ1n) is 23.6. The predicted molar refractivity (Wildman–Crippen MR) is 261 cm³/mol. The molecule has 0 bridgehead atoms. The summed E-state index contributed by atoms with van der Waals surface area (Å²) in [6.07, 6.45) is 0.800. The summed E-state index contributed by atoms with van der Waals surface area (Å²) in [4.78, 5) is 55.2. The van der Waals surface area contributed by atoms with Crippen molar-refractivity contribution in [2.24, 2.45) is 5.92 Å². The number of nitrogens with one attached hydrogen (secondary N) is 3. The molecule has 3 amide bonds. The quantitative estimate of drug-likeness (QED) is 0.0973. The van der Waals surface area contributed by atoms with Crippen LogP contribution in [0.4, 0.5) is 62.2 Å². The van der Waals surface area contributed by atoms with Gasteiger partial charge in [-0.1, -0.05) is 6.92 Å². The highest BCUT2D eigenvalue weighted by atomic mass is 79.9. The van der Waals surface area contributed by atoms with E-state index in [2.05, 4.69) is 58.6 Å². The summed E-state index contributed by atoms with van der Waals surface area (Å²) >= 11 is 3.43. The maximum atomic E-state index is 15.3. The van der Waals surface area contributed by atoms with Crippen LogP contribution >= 0.6 is 15.9 Å². The number of carbonyl (C=O) groups excluding carboxylic acids is 3. The standard InChI is InChI=1S/C48H54BrF5N10O6S/c1-4-27-21-38(57-47-55-25-34(49)44(59-47)56-37-7-6-33(48(52,53)54)31-12-16-64(43(31)37)71(3,68)69)40(70-2)24-39(27)61-14-10-29(11-15-61)60-17-19-62(20-18-60)46(67)28-9-13-63(26-28)30-22-35(50)42(36(51)23-30)32-5-8-41(65)58-45(32)66/h6-7,21-25,28-29,32H,4-5,8-20,26H2,1-3H3,(H,58,65,66)(H2,55,56,57,59)/t28-,32-/m1/s1. The van der Waals surface area contributed by atoms with Gasteiger partial charge in [-0.05, 0) is 95.9 Å². The molecule has 0 aliphatic carbocycles. The van der Waals surface area contributed by atoms with E-state index in [0.717, 1.165) is 66.9 Å². The van der Waals surface area contributed by atoms with Crippen molar-refractivity contribution in [3.63, 3.8) is 0 Å². The number of imide groups is 1. The van der Waals surface area contributed by atoms with Crippen LogP contribution in [0.3, 0.4) is 0 Å². The fraction of sp³-hybridized carbons (Fsp3) is 0.479. The van der Waals surface area contributed by atoms with Crippen molar-refractivity contribution in [1.29, 1.82) is 0 Å². The van der Waals surface area contributed by atoms with E-state index in [1.54, 1.807) is 7.11 Å². The van der Waals surface area contributed by atoms with E-state index in [1.807, 2.05) is 21.9 Å². The normalized spacial score (nSPS) is 20.4. The minimum Gasteiger partial charge on any atom is -0.494 e. The van der Waals surface area contributed by atoms with Crippen LogP contribution in [0.2, 0.25) is 0 Å². The molecule has 4 fully saturated rings. The van der Waals surface area contributed by atoms with E-state index >= 15 is 8.78 Å². The summed E-state index contributed by atoms with van der Waals surface area (Å²) in [5, 5.41) is 8.44. The monoisotopic (exact) mass is 1070 g/mol. The molecule has 6 heterocycles. The predicted octanol–water partition coefficient (Wildman–Crippen LogP) is 7.08. The first-order valence-corrected chi connectivity index (χ1v) is 26.3. The summed E-state index contributed by atoms with van der Waals surface area (Å²) in [6, 6.07) is 8.88. The van der Waals surface area contributed by atoms with Gasteiger partial charge in [-0.2, -0.15) is 18.2 Å². The second-order valence-corrected chi connectivity index (χ2v) is 21.3.